The quantitative estimate of drug-likeness (QED) is 0.359. The molecule has 32 heavy (non-hydrogen) atoms. The van der Waals surface area contributed by atoms with E-state index in [1.807, 2.05) is 50.8 Å². The van der Waals surface area contributed by atoms with Crippen molar-refractivity contribution < 1.29 is 9.15 Å². The number of benzene rings is 2. The van der Waals surface area contributed by atoms with Gasteiger partial charge in [-0.2, -0.15) is 0 Å². The second-order valence-corrected chi connectivity index (χ2v) is 8.60. The summed E-state index contributed by atoms with van der Waals surface area (Å²) in [5.41, 5.74) is 7.33. The van der Waals surface area contributed by atoms with Gasteiger partial charge in [0.1, 0.15) is 23.9 Å². The fraction of sp³-hybridized carbons (Fsp3) is 0.250. The van der Waals surface area contributed by atoms with Gasteiger partial charge < -0.3 is 14.1 Å². The molecule has 0 unspecified atom stereocenters. The Bertz CT molecular complexity index is 1190. The van der Waals surface area contributed by atoms with Crippen LogP contribution >= 0.6 is 0 Å². The number of rotatable bonds is 7. The zero-order valence-electron chi connectivity index (χ0n) is 18.7. The van der Waals surface area contributed by atoms with Crippen molar-refractivity contribution in [3.63, 3.8) is 0 Å². The SMILES string of the molecule is CN(C)CCOc1ccc(-c2cc(-c3ccc4c(c3)CCC4)c(-c3ccncc3)o2)cc1. The molecule has 0 aliphatic heterocycles. The van der Waals surface area contributed by atoms with Gasteiger partial charge in [-0.05, 0) is 92.5 Å². The molecule has 0 spiro atoms. The molecule has 0 radical (unpaired) electrons. The standard InChI is InChI=1S/C28H28N2O2/c1-30(2)16-17-31-25-10-8-21(9-11-25)27-19-26(28(32-27)22-12-14-29-15-13-22)24-7-6-20-4-3-5-23(20)18-24/h6-15,18-19H,3-5,16-17H2,1-2H3. The van der Waals surface area contributed by atoms with Crippen molar-refractivity contribution in [3.05, 3.63) is 84.2 Å². The normalized spacial score (nSPS) is 12.8. The number of hydrogen-bond donors (Lipinski definition) is 0. The minimum atomic E-state index is 0.668. The average molecular weight is 425 g/mol. The third kappa shape index (κ3) is 4.32. The van der Waals surface area contributed by atoms with E-state index < -0.39 is 0 Å². The summed E-state index contributed by atoms with van der Waals surface area (Å²) in [7, 11) is 4.09. The van der Waals surface area contributed by atoms with Crippen molar-refractivity contribution in [2.45, 2.75) is 19.3 Å². The molecular formula is C28H28N2O2. The molecule has 0 amide bonds. The van der Waals surface area contributed by atoms with Crippen LogP contribution in [0.4, 0.5) is 0 Å². The van der Waals surface area contributed by atoms with Crippen LogP contribution in [0.15, 0.2) is 77.5 Å². The summed E-state index contributed by atoms with van der Waals surface area (Å²) in [6.45, 7) is 1.56. The smallest absolute Gasteiger partial charge is 0.142 e. The molecule has 0 atom stereocenters. The summed E-state index contributed by atoms with van der Waals surface area (Å²) in [6, 6.07) is 21.1. The van der Waals surface area contributed by atoms with Crippen molar-refractivity contribution in [2.75, 3.05) is 27.2 Å². The van der Waals surface area contributed by atoms with Gasteiger partial charge in [0, 0.05) is 35.6 Å². The second-order valence-electron chi connectivity index (χ2n) is 8.60. The van der Waals surface area contributed by atoms with Gasteiger partial charge in [-0.15, -0.1) is 0 Å². The molecule has 4 aromatic rings. The van der Waals surface area contributed by atoms with E-state index in [4.69, 9.17) is 9.15 Å². The van der Waals surface area contributed by atoms with Crippen LogP contribution in [0.5, 0.6) is 5.75 Å². The van der Waals surface area contributed by atoms with E-state index in [9.17, 15) is 0 Å². The van der Waals surface area contributed by atoms with Gasteiger partial charge in [0.15, 0.2) is 0 Å². The highest BCUT2D eigenvalue weighted by Gasteiger charge is 2.18. The third-order valence-corrected chi connectivity index (χ3v) is 6.03. The predicted octanol–water partition coefficient (Wildman–Crippen LogP) is 6.10. The molecule has 2 heterocycles. The lowest BCUT2D eigenvalue weighted by Gasteiger charge is -2.11. The zero-order chi connectivity index (χ0) is 21.9. The molecule has 0 N–H and O–H groups in total. The highest BCUT2D eigenvalue weighted by molar-refractivity contribution is 5.84. The number of aryl methyl sites for hydroxylation is 2. The summed E-state index contributed by atoms with van der Waals surface area (Å²) >= 11 is 0. The van der Waals surface area contributed by atoms with Crippen molar-refractivity contribution >= 4 is 0 Å². The Morgan fingerprint density at radius 1 is 0.844 bits per heavy atom. The number of hydrogen-bond acceptors (Lipinski definition) is 4. The van der Waals surface area contributed by atoms with E-state index in [1.165, 1.54) is 29.5 Å². The number of fused-ring (bicyclic) bond motifs is 1. The van der Waals surface area contributed by atoms with Crippen molar-refractivity contribution in [3.8, 4) is 39.5 Å². The van der Waals surface area contributed by atoms with Crippen molar-refractivity contribution in [1.82, 2.24) is 9.88 Å². The number of nitrogens with zero attached hydrogens (tertiary/aromatic N) is 2. The number of ether oxygens (including phenoxy) is 1. The molecule has 0 saturated carbocycles. The van der Waals surface area contributed by atoms with Gasteiger partial charge in [0.25, 0.3) is 0 Å². The Balaban J connectivity index is 1.49. The van der Waals surface area contributed by atoms with E-state index >= 15 is 0 Å². The zero-order valence-corrected chi connectivity index (χ0v) is 18.7. The van der Waals surface area contributed by atoms with Gasteiger partial charge in [-0.1, -0.05) is 18.2 Å². The van der Waals surface area contributed by atoms with E-state index in [-0.39, 0.29) is 0 Å². The molecule has 1 aliphatic carbocycles. The van der Waals surface area contributed by atoms with Gasteiger partial charge in [0.2, 0.25) is 0 Å². The highest BCUT2D eigenvalue weighted by Crippen LogP contribution is 2.40. The molecule has 4 heteroatoms. The van der Waals surface area contributed by atoms with E-state index in [1.54, 1.807) is 0 Å². The van der Waals surface area contributed by atoms with Crippen LogP contribution in [0.2, 0.25) is 0 Å². The fourth-order valence-corrected chi connectivity index (χ4v) is 4.27. The third-order valence-electron chi connectivity index (χ3n) is 6.03. The summed E-state index contributed by atoms with van der Waals surface area (Å²) in [5.74, 6) is 2.61. The molecule has 2 aromatic heterocycles. The molecule has 2 aromatic carbocycles. The van der Waals surface area contributed by atoms with Crippen LogP contribution in [-0.2, 0) is 12.8 Å². The largest absolute Gasteiger partial charge is 0.492 e. The monoisotopic (exact) mass is 424 g/mol. The van der Waals surface area contributed by atoms with Gasteiger partial charge in [-0.3, -0.25) is 4.98 Å². The Hall–Kier alpha value is -3.37. The molecule has 0 fully saturated rings. The lowest BCUT2D eigenvalue weighted by molar-refractivity contribution is 0.261. The van der Waals surface area contributed by atoms with Gasteiger partial charge in [-0.25, -0.2) is 0 Å². The number of pyridine rings is 1. The van der Waals surface area contributed by atoms with Crippen LogP contribution in [0.1, 0.15) is 17.5 Å². The number of furan rings is 1. The fourth-order valence-electron chi connectivity index (χ4n) is 4.27. The maximum absolute atomic E-state index is 6.44. The van der Waals surface area contributed by atoms with Crippen LogP contribution in [0, 0.1) is 0 Å². The van der Waals surface area contributed by atoms with E-state index in [0.717, 1.165) is 46.9 Å². The Morgan fingerprint density at radius 3 is 2.38 bits per heavy atom. The molecule has 0 saturated heterocycles. The Morgan fingerprint density at radius 2 is 1.59 bits per heavy atom. The summed E-state index contributed by atoms with van der Waals surface area (Å²) in [4.78, 5) is 6.28. The van der Waals surface area contributed by atoms with Crippen LogP contribution in [0.3, 0.4) is 0 Å². The minimum Gasteiger partial charge on any atom is -0.492 e. The number of likely N-dealkylation sites (N-methyl/N-ethyl adjacent to an activating group) is 1. The first-order valence-corrected chi connectivity index (χ1v) is 11.2. The minimum absolute atomic E-state index is 0.668. The molecule has 162 valence electrons. The first-order valence-electron chi connectivity index (χ1n) is 11.2. The molecule has 0 bridgehead atoms. The average Bonchev–Trinajstić information content (AvgIpc) is 3.47. The molecule has 1 aliphatic rings. The summed E-state index contributed by atoms with van der Waals surface area (Å²) in [5, 5.41) is 0. The van der Waals surface area contributed by atoms with Crippen LogP contribution in [-0.4, -0.2) is 37.1 Å². The maximum Gasteiger partial charge on any atom is 0.142 e. The van der Waals surface area contributed by atoms with Crippen molar-refractivity contribution in [2.24, 2.45) is 0 Å². The predicted molar refractivity (Wildman–Crippen MR) is 129 cm³/mol. The Kier molecular flexibility index (Phi) is 5.78. The first-order chi connectivity index (χ1) is 15.7. The van der Waals surface area contributed by atoms with Crippen LogP contribution in [0.25, 0.3) is 33.8 Å². The van der Waals surface area contributed by atoms with Crippen molar-refractivity contribution in [1.29, 1.82) is 0 Å². The first kappa shape index (κ1) is 20.5. The van der Waals surface area contributed by atoms with E-state index in [2.05, 4.69) is 46.3 Å². The molecular weight excluding hydrogens is 396 g/mol. The maximum atomic E-state index is 6.44. The highest BCUT2D eigenvalue weighted by atomic mass is 16.5. The lowest BCUT2D eigenvalue weighted by Crippen LogP contribution is -2.19. The molecule has 5 rings (SSSR count). The summed E-state index contributed by atoms with van der Waals surface area (Å²) in [6.07, 6.45) is 7.21. The van der Waals surface area contributed by atoms with Crippen LogP contribution < -0.4 is 4.74 Å². The van der Waals surface area contributed by atoms with E-state index in [0.29, 0.717) is 6.61 Å². The Labute approximate surface area is 189 Å². The van der Waals surface area contributed by atoms with Gasteiger partial charge in [0.05, 0.1) is 0 Å². The topological polar surface area (TPSA) is 38.5 Å². The molecule has 4 nitrogen and oxygen atoms in total. The second kappa shape index (κ2) is 9.01. The number of aromatic nitrogens is 1. The summed E-state index contributed by atoms with van der Waals surface area (Å²) < 4.78 is 12.3. The lowest BCUT2D eigenvalue weighted by atomic mass is 9.98. The van der Waals surface area contributed by atoms with Gasteiger partial charge >= 0.3 is 0 Å².